The number of nitro groups is 1. The van der Waals surface area contributed by atoms with Crippen LogP contribution in [-0.4, -0.2) is 37.9 Å². The molecule has 1 amide bonds. The van der Waals surface area contributed by atoms with Crippen LogP contribution in [0.5, 0.6) is 17.2 Å². The molecule has 0 radical (unpaired) electrons. The van der Waals surface area contributed by atoms with Gasteiger partial charge in [0.2, 0.25) is 0 Å². The maximum Gasteiger partial charge on any atom is 0.311 e. The Bertz CT molecular complexity index is 866. The number of hydrazone groups is 1. The summed E-state index contributed by atoms with van der Waals surface area (Å²) in [6.07, 6.45) is 1.40. The smallest absolute Gasteiger partial charge is 0.311 e. The third kappa shape index (κ3) is 5.18. The predicted molar refractivity (Wildman–Crippen MR) is 98.6 cm³/mol. The molecule has 0 aromatic heterocycles. The summed E-state index contributed by atoms with van der Waals surface area (Å²) in [5, 5.41) is 14.9. The van der Waals surface area contributed by atoms with Gasteiger partial charge in [0.05, 0.1) is 25.4 Å². The van der Waals surface area contributed by atoms with E-state index in [4.69, 9.17) is 14.2 Å². The van der Waals surface area contributed by atoms with Crippen LogP contribution in [0.15, 0.2) is 41.5 Å². The van der Waals surface area contributed by atoms with E-state index in [1.54, 1.807) is 31.2 Å². The Morgan fingerprint density at radius 3 is 2.67 bits per heavy atom. The van der Waals surface area contributed by atoms with E-state index < -0.39 is 17.4 Å². The number of carbonyl (C=O) groups excluding carboxylic acids is 1. The quantitative estimate of drug-likeness (QED) is 0.432. The van der Waals surface area contributed by atoms with Crippen LogP contribution < -0.4 is 19.6 Å². The molecule has 0 atom stereocenters. The summed E-state index contributed by atoms with van der Waals surface area (Å²) in [7, 11) is 3.01. The topological polar surface area (TPSA) is 112 Å². The molecule has 2 rings (SSSR count). The summed E-state index contributed by atoms with van der Waals surface area (Å²) < 4.78 is 15.7. The lowest BCUT2D eigenvalue weighted by molar-refractivity contribution is -0.385. The van der Waals surface area contributed by atoms with Crippen LogP contribution in [0.1, 0.15) is 11.1 Å². The minimum absolute atomic E-state index is 0.0131. The summed E-state index contributed by atoms with van der Waals surface area (Å²) in [5.74, 6) is 0.453. The molecule has 9 heteroatoms. The summed E-state index contributed by atoms with van der Waals surface area (Å²) in [4.78, 5) is 22.3. The van der Waals surface area contributed by atoms with Gasteiger partial charge in [0.25, 0.3) is 5.91 Å². The van der Waals surface area contributed by atoms with E-state index in [9.17, 15) is 14.9 Å². The molecular weight excluding hydrogens is 354 g/mol. The average molecular weight is 373 g/mol. The highest BCUT2D eigenvalue weighted by Crippen LogP contribution is 2.29. The number of hydrogen-bond donors (Lipinski definition) is 1. The van der Waals surface area contributed by atoms with Crippen LogP contribution in [0, 0.1) is 17.0 Å². The van der Waals surface area contributed by atoms with Crippen molar-refractivity contribution in [2.45, 2.75) is 6.92 Å². The number of nitrogens with zero attached hydrogens (tertiary/aromatic N) is 2. The van der Waals surface area contributed by atoms with Gasteiger partial charge in [-0.25, -0.2) is 5.43 Å². The number of nitrogens with one attached hydrogen (secondary N) is 1. The van der Waals surface area contributed by atoms with Crippen molar-refractivity contribution in [2.75, 3.05) is 20.8 Å². The predicted octanol–water partition coefficient (Wildman–Crippen LogP) is 2.45. The zero-order chi connectivity index (χ0) is 19.8. The van der Waals surface area contributed by atoms with Crippen molar-refractivity contribution >= 4 is 17.8 Å². The maximum atomic E-state index is 11.9. The molecule has 0 aliphatic carbocycles. The number of hydrogen-bond acceptors (Lipinski definition) is 7. The van der Waals surface area contributed by atoms with Crippen molar-refractivity contribution < 1.29 is 23.9 Å². The fourth-order valence-electron chi connectivity index (χ4n) is 2.26. The van der Waals surface area contributed by atoms with E-state index in [1.165, 1.54) is 32.6 Å². The van der Waals surface area contributed by atoms with Gasteiger partial charge in [-0.3, -0.25) is 14.9 Å². The number of rotatable bonds is 8. The number of nitro benzene ring substituents is 1. The first-order valence-corrected chi connectivity index (χ1v) is 7.87. The molecule has 0 aliphatic rings. The Morgan fingerprint density at radius 2 is 2.00 bits per heavy atom. The molecule has 0 unspecified atom stereocenters. The Labute approximate surface area is 155 Å². The SMILES string of the molecule is COc1cccc(/C=N\NC(=O)COc2ccc(C)cc2[N+](=O)[O-])c1OC. The molecule has 0 saturated carbocycles. The molecule has 2 aromatic carbocycles. The van der Waals surface area contributed by atoms with Gasteiger partial charge in [0, 0.05) is 11.6 Å². The van der Waals surface area contributed by atoms with Gasteiger partial charge >= 0.3 is 5.69 Å². The normalized spacial score (nSPS) is 10.5. The molecule has 2 aromatic rings. The number of ether oxygens (including phenoxy) is 3. The number of benzene rings is 2. The molecule has 0 aliphatic heterocycles. The van der Waals surface area contributed by atoms with Gasteiger partial charge in [-0.1, -0.05) is 12.1 Å². The van der Waals surface area contributed by atoms with E-state index in [0.717, 1.165) is 5.56 Å². The molecular formula is C18H19N3O6. The molecule has 27 heavy (non-hydrogen) atoms. The monoisotopic (exact) mass is 373 g/mol. The van der Waals surface area contributed by atoms with Crippen molar-refractivity contribution in [1.29, 1.82) is 0 Å². The summed E-state index contributed by atoms with van der Waals surface area (Å²) in [5.41, 5.74) is 3.41. The standard InChI is InChI=1S/C18H19N3O6/c1-12-7-8-15(14(9-12)21(23)24)27-11-17(22)20-19-10-13-5-4-6-16(25-2)18(13)26-3/h4-10H,11H2,1-3H3,(H,20,22)/b19-10-. The van der Waals surface area contributed by atoms with Gasteiger partial charge in [-0.05, 0) is 30.7 Å². The van der Waals surface area contributed by atoms with Crippen LogP contribution in [0.3, 0.4) is 0 Å². The Hall–Kier alpha value is -3.62. The lowest BCUT2D eigenvalue weighted by Gasteiger charge is -2.09. The number of amides is 1. The lowest BCUT2D eigenvalue weighted by atomic mass is 10.2. The zero-order valence-electron chi connectivity index (χ0n) is 15.1. The number of aryl methyl sites for hydroxylation is 1. The zero-order valence-corrected chi connectivity index (χ0v) is 15.1. The molecule has 0 fully saturated rings. The van der Waals surface area contributed by atoms with Crippen molar-refractivity contribution in [3.05, 3.63) is 57.6 Å². The highest BCUT2D eigenvalue weighted by atomic mass is 16.6. The Balaban J connectivity index is 1.98. The fourth-order valence-corrected chi connectivity index (χ4v) is 2.26. The van der Waals surface area contributed by atoms with Crippen molar-refractivity contribution in [2.24, 2.45) is 5.10 Å². The summed E-state index contributed by atoms with van der Waals surface area (Å²) in [6.45, 7) is 1.31. The highest BCUT2D eigenvalue weighted by molar-refractivity contribution is 5.86. The van der Waals surface area contributed by atoms with E-state index >= 15 is 0 Å². The molecule has 0 bridgehead atoms. The van der Waals surface area contributed by atoms with E-state index in [2.05, 4.69) is 10.5 Å². The van der Waals surface area contributed by atoms with Gasteiger partial charge < -0.3 is 14.2 Å². The van der Waals surface area contributed by atoms with Crippen molar-refractivity contribution in [1.82, 2.24) is 5.43 Å². The lowest BCUT2D eigenvalue weighted by Crippen LogP contribution is -2.24. The molecule has 0 heterocycles. The molecule has 0 spiro atoms. The second-order valence-corrected chi connectivity index (χ2v) is 5.39. The summed E-state index contributed by atoms with van der Waals surface area (Å²) >= 11 is 0. The molecule has 1 N–H and O–H groups in total. The van der Waals surface area contributed by atoms with Crippen LogP contribution >= 0.6 is 0 Å². The van der Waals surface area contributed by atoms with Crippen LogP contribution in [-0.2, 0) is 4.79 Å². The first-order valence-electron chi connectivity index (χ1n) is 7.87. The minimum Gasteiger partial charge on any atom is -0.493 e. The van der Waals surface area contributed by atoms with Gasteiger partial charge in [0.15, 0.2) is 23.9 Å². The van der Waals surface area contributed by atoms with Crippen LogP contribution in [0.25, 0.3) is 0 Å². The molecule has 0 saturated heterocycles. The first kappa shape index (κ1) is 19.7. The second-order valence-electron chi connectivity index (χ2n) is 5.39. The Kier molecular flexibility index (Phi) is 6.70. The molecule has 142 valence electrons. The fraction of sp³-hybridized carbons (Fsp3) is 0.222. The average Bonchev–Trinajstić information content (AvgIpc) is 2.66. The van der Waals surface area contributed by atoms with Gasteiger partial charge in [-0.15, -0.1) is 0 Å². The third-order valence-electron chi connectivity index (χ3n) is 3.50. The van der Waals surface area contributed by atoms with Crippen molar-refractivity contribution in [3.8, 4) is 17.2 Å². The van der Waals surface area contributed by atoms with Gasteiger partial charge in [-0.2, -0.15) is 5.10 Å². The van der Waals surface area contributed by atoms with Crippen LogP contribution in [0.2, 0.25) is 0 Å². The third-order valence-corrected chi connectivity index (χ3v) is 3.50. The van der Waals surface area contributed by atoms with Crippen LogP contribution in [0.4, 0.5) is 5.69 Å². The maximum absolute atomic E-state index is 11.9. The van der Waals surface area contributed by atoms with E-state index in [1.807, 2.05) is 0 Å². The van der Waals surface area contributed by atoms with E-state index in [-0.39, 0.29) is 11.4 Å². The summed E-state index contributed by atoms with van der Waals surface area (Å²) in [6, 6.07) is 9.71. The number of methoxy groups -OCH3 is 2. The minimum atomic E-state index is -0.567. The largest absolute Gasteiger partial charge is 0.493 e. The van der Waals surface area contributed by atoms with Gasteiger partial charge in [0.1, 0.15) is 0 Å². The van der Waals surface area contributed by atoms with Crippen molar-refractivity contribution in [3.63, 3.8) is 0 Å². The Morgan fingerprint density at radius 1 is 1.22 bits per heavy atom. The second kappa shape index (κ2) is 9.18. The number of para-hydroxylation sites is 1. The van der Waals surface area contributed by atoms with E-state index in [0.29, 0.717) is 17.1 Å². The number of carbonyl (C=O) groups is 1. The first-order chi connectivity index (χ1) is 13.0. The molecule has 9 nitrogen and oxygen atoms in total. The highest BCUT2D eigenvalue weighted by Gasteiger charge is 2.16.